The van der Waals surface area contributed by atoms with Gasteiger partial charge in [0.1, 0.15) is 0 Å². The van der Waals surface area contributed by atoms with Gasteiger partial charge in [0.2, 0.25) is 0 Å². The van der Waals surface area contributed by atoms with E-state index < -0.39 is 0 Å². The number of likely N-dealkylation sites (tertiary alicyclic amines) is 1. The second-order valence-corrected chi connectivity index (χ2v) is 7.32. The summed E-state index contributed by atoms with van der Waals surface area (Å²) < 4.78 is 5.17. The van der Waals surface area contributed by atoms with Gasteiger partial charge in [-0.15, -0.1) is 24.0 Å². The van der Waals surface area contributed by atoms with Crippen molar-refractivity contribution in [3.63, 3.8) is 0 Å². The number of methoxy groups -OCH3 is 1. The molecule has 1 fully saturated rings. The molecule has 30 heavy (non-hydrogen) atoms. The Balaban J connectivity index is 0.00000320. The molecule has 164 valence electrons. The van der Waals surface area contributed by atoms with Crippen LogP contribution in [0.15, 0.2) is 47.5 Å². The number of nitrogens with zero attached hydrogens (tertiary/aromatic N) is 2. The van der Waals surface area contributed by atoms with Gasteiger partial charge >= 0.3 is 0 Å². The number of hydrogen-bond donors (Lipinski definition) is 3. The molecule has 6 nitrogen and oxygen atoms in total. The lowest BCUT2D eigenvalue weighted by molar-refractivity contribution is 0.331. The van der Waals surface area contributed by atoms with E-state index in [1.165, 1.54) is 37.1 Å². The lowest BCUT2D eigenvalue weighted by atomic mass is 10.1. The molecule has 1 saturated heterocycles. The summed E-state index contributed by atoms with van der Waals surface area (Å²) in [5.41, 5.74) is 3.30. The molecule has 0 radical (unpaired) electrons. The lowest BCUT2D eigenvalue weighted by Gasteiger charge is -2.15. The Morgan fingerprint density at radius 2 is 1.77 bits per heavy atom. The van der Waals surface area contributed by atoms with Crippen LogP contribution < -0.4 is 15.4 Å². The average molecular weight is 524 g/mol. The summed E-state index contributed by atoms with van der Waals surface area (Å²) in [6.45, 7) is 7.34. The standard InChI is InChI=1S/C23H32N4O2.HI/c1-3-24-23(26-16-20-7-6-8-21(29-2)22(20)28)25-15-18-9-11-19(12-10-18)17-27-13-4-5-14-27;/h6-12,28H,3-5,13-17H2,1-2H3,(H2,24,25,26);1H. The highest BCUT2D eigenvalue weighted by Gasteiger charge is 2.11. The molecule has 3 rings (SSSR count). The Morgan fingerprint density at radius 3 is 2.43 bits per heavy atom. The van der Waals surface area contributed by atoms with Crippen molar-refractivity contribution in [1.29, 1.82) is 0 Å². The molecule has 0 aromatic heterocycles. The fourth-order valence-corrected chi connectivity index (χ4v) is 3.52. The number of halogens is 1. The van der Waals surface area contributed by atoms with Crippen LogP contribution in [0.1, 0.15) is 36.5 Å². The third-order valence-electron chi connectivity index (χ3n) is 5.14. The van der Waals surface area contributed by atoms with Gasteiger partial charge in [-0.3, -0.25) is 4.90 Å². The second-order valence-electron chi connectivity index (χ2n) is 7.32. The summed E-state index contributed by atoms with van der Waals surface area (Å²) >= 11 is 0. The van der Waals surface area contributed by atoms with Crippen molar-refractivity contribution in [3.8, 4) is 11.5 Å². The average Bonchev–Trinajstić information content (AvgIpc) is 3.25. The van der Waals surface area contributed by atoms with Crippen molar-refractivity contribution in [2.24, 2.45) is 4.99 Å². The number of phenols is 1. The van der Waals surface area contributed by atoms with E-state index in [2.05, 4.69) is 44.8 Å². The molecule has 0 saturated carbocycles. The zero-order valence-electron chi connectivity index (χ0n) is 17.9. The van der Waals surface area contributed by atoms with E-state index in [1.54, 1.807) is 13.2 Å². The summed E-state index contributed by atoms with van der Waals surface area (Å²) in [7, 11) is 1.55. The van der Waals surface area contributed by atoms with Crippen molar-refractivity contribution < 1.29 is 9.84 Å². The maximum Gasteiger partial charge on any atom is 0.191 e. The maximum absolute atomic E-state index is 10.2. The number of guanidine groups is 1. The van der Waals surface area contributed by atoms with Crippen molar-refractivity contribution in [2.75, 3.05) is 26.7 Å². The number of aliphatic imine (C=N–C) groups is 1. The van der Waals surface area contributed by atoms with E-state index in [4.69, 9.17) is 4.74 Å². The van der Waals surface area contributed by atoms with Crippen LogP contribution in [0.25, 0.3) is 0 Å². The molecule has 0 spiro atoms. The van der Waals surface area contributed by atoms with Crippen molar-refractivity contribution >= 4 is 29.9 Å². The predicted octanol–water partition coefficient (Wildman–Crippen LogP) is 3.87. The second kappa shape index (κ2) is 12.6. The van der Waals surface area contributed by atoms with E-state index in [0.29, 0.717) is 18.8 Å². The molecule has 1 heterocycles. The number of nitrogens with one attached hydrogen (secondary N) is 2. The molecule has 1 aliphatic rings. The van der Waals surface area contributed by atoms with Gasteiger partial charge in [-0.25, -0.2) is 4.99 Å². The molecular formula is C23H33IN4O2. The van der Waals surface area contributed by atoms with E-state index in [0.717, 1.165) is 24.6 Å². The molecule has 0 bridgehead atoms. The highest BCUT2D eigenvalue weighted by molar-refractivity contribution is 14.0. The minimum Gasteiger partial charge on any atom is -0.504 e. The van der Waals surface area contributed by atoms with Crippen LogP contribution in [0.4, 0.5) is 0 Å². The van der Waals surface area contributed by atoms with Crippen LogP contribution >= 0.6 is 24.0 Å². The monoisotopic (exact) mass is 524 g/mol. The third kappa shape index (κ3) is 7.05. The van der Waals surface area contributed by atoms with Crippen LogP contribution in [0, 0.1) is 0 Å². The SMILES string of the molecule is CCNC(=NCc1ccc(CN2CCCC2)cc1)NCc1cccc(OC)c1O.I. The molecule has 7 heteroatoms. The quantitative estimate of drug-likeness (QED) is 0.278. The molecule has 0 aliphatic carbocycles. The minimum absolute atomic E-state index is 0. The van der Waals surface area contributed by atoms with Crippen LogP contribution in [-0.4, -0.2) is 42.7 Å². The smallest absolute Gasteiger partial charge is 0.191 e. The van der Waals surface area contributed by atoms with Gasteiger partial charge in [0.25, 0.3) is 0 Å². The molecular weight excluding hydrogens is 491 g/mol. The first-order valence-corrected chi connectivity index (χ1v) is 10.4. The molecule has 0 amide bonds. The first-order valence-electron chi connectivity index (χ1n) is 10.4. The fourth-order valence-electron chi connectivity index (χ4n) is 3.52. The predicted molar refractivity (Wildman–Crippen MR) is 133 cm³/mol. The zero-order chi connectivity index (χ0) is 20.5. The zero-order valence-corrected chi connectivity index (χ0v) is 20.2. The molecule has 0 atom stereocenters. The third-order valence-corrected chi connectivity index (χ3v) is 5.14. The van der Waals surface area contributed by atoms with E-state index in [9.17, 15) is 5.11 Å². The topological polar surface area (TPSA) is 69.1 Å². The number of benzene rings is 2. The number of phenolic OH excluding ortho intramolecular Hbond substituents is 1. The highest BCUT2D eigenvalue weighted by atomic mass is 127. The van der Waals surface area contributed by atoms with Crippen molar-refractivity contribution in [3.05, 3.63) is 59.2 Å². The fraction of sp³-hybridized carbons (Fsp3) is 0.435. The Labute approximate surface area is 196 Å². The van der Waals surface area contributed by atoms with Crippen LogP contribution in [0.2, 0.25) is 0 Å². The molecule has 2 aromatic rings. The Bertz CT molecular complexity index is 805. The first kappa shape index (κ1) is 24.3. The molecule has 0 unspecified atom stereocenters. The number of rotatable bonds is 8. The van der Waals surface area contributed by atoms with Gasteiger partial charge in [0.15, 0.2) is 17.5 Å². The van der Waals surface area contributed by atoms with Crippen LogP contribution in [-0.2, 0) is 19.6 Å². The van der Waals surface area contributed by atoms with Crippen molar-refractivity contribution in [1.82, 2.24) is 15.5 Å². The van der Waals surface area contributed by atoms with E-state index in [-0.39, 0.29) is 29.7 Å². The number of hydrogen-bond acceptors (Lipinski definition) is 4. The maximum atomic E-state index is 10.2. The summed E-state index contributed by atoms with van der Waals surface area (Å²) in [5, 5.41) is 16.8. The van der Waals surface area contributed by atoms with Gasteiger partial charge in [-0.2, -0.15) is 0 Å². The van der Waals surface area contributed by atoms with E-state index >= 15 is 0 Å². The summed E-state index contributed by atoms with van der Waals surface area (Å²) in [5.74, 6) is 1.35. The molecule has 3 N–H and O–H groups in total. The Kier molecular flexibility index (Phi) is 10.2. The van der Waals surface area contributed by atoms with Crippen molar-refractivity contribution in [2.45, 2.75) is 39.4 Å². The molecule has 2 aromatic carbocycles. The molecule has 1 aliphatic heterocycles. The summed E-state index contributed by atoms with van der Waals surface area (Å²) in [6.07, 6.45) is 2.64. The largest absolute Gasteiger partial charge is 0.504 e. The van der Waals surface area contributed by atoms with Crippen LogP contribution in [0.5, 0.6) is 11.5 Å². The van der Waals surface area contributed by atoms with Gasteiger partial charge in [-0.05, 0) is 50.0 Å². The van der Waals surface area contributed by atoms with Crippen LogP contribution in [0.3, 0.4) is 0 Å². The van der Waals surface area contributed by atoms with Gasteiger partial charge in [0, 0.05) is 25.2 Å². The van der Waals surface area contributed by atoms with Gasteiger partial charge in [0.05, 0.1) is 13.7 Å². The van der Waals surface area contributed by atoms with Gasteiger partial charge in [-0.1, -0.05) is 36.4 Å². The summed E-state index contributed by atoms with van der Waals surface area (Å²) in [4.78, 5) is 7.18. The number of ether oxygens (including phenoxy) is 1. The minimum atomic E-state index is 0. The van der Waals surface area contributed by atoms with Gasteiger partial charge < -0.3 is 20.5 Å². The Hall–Kier alpha value is -2.00. The summed E-state index contributed by atoms with van der Waals surface area (Å²) in [6, 6.07) is 14.2. The lowest BCUT2D eigenvalue weighted by Crippen LogP contribution is -2.36. The number of aromatic hydroxyl groups is 1. The normalized spacial score (nSPS) is 14.3. The highest BCUT2D eigenvalue weighted by Crippen LogP contribution is 2.29. The Morgan fingerprint density at radius 1 is 1.07 bits per heavy atom. The number of para-hydroxylation sites is 1. The van der Waals surface area contributed by atoms with E-state index in [1.807, 2.05) is 19.1 Å². The first-order chi connectivity index (χ1) is 14.2.